The summed E-state index contributed by atoms with van der Waals surface area (Å²) in [6, 6.07) is 8.42. The number of amides is 1. The van der Waals surface area contributed by atoms with Crippen molar-refractivity contribution < 1.29 is 14.3 Å². The van der Waals surface area contributed by atoms with E-state index in [4.69, 9.17) is 9.47 Å². The topological polar surface area (TPSA) is 91.2 Å². The molecule has 2 aromatic heterocycles. The average Bonchev–Trinajstić information content (AvgIpc) is 3.26. The summed E-state index contributed by atoms with van der Waals surface area (Å²) < 4.78 is 12.1. The monoisotopic (exact) mass is 309 g/mol. The fourth-order valence-corrected chi connectivity index (χ4v) is 2.17. The van der Waals surface area contributed by atoms with Gasteiger partial charge in [0.1, 0.15) is 12.1 Å². The molecule has 0 aliphatic carbocycles. The number of rotatable bonds is 3. The van der Waals surface area contributed by atoms with Crippen molar-refractivity contribution in [3.05, 3.63) is 54.6 Å². The second-order valence-corrected chi connectivity index (χ2v) is 4.73. The van der Waals surface area contributed by atoms with Crippen LogP contribution in [0.3, 0.4) is 0 Å². The Morgan fingerprint density at radius 3 is 2.96 bits per heavy atom. The highest BCUT2D eigenvalue weighted by Crippen LogP contribution is 2.32. The molecule has 4 rings (SSSR count). The fraction of sp³-hybridized carbons (Fsp3) is 0.0667. The second kappa shape index (κ2) is 5.41. The quantitative estimate of drug-likeness (QED) is 0.791. The summed E-state index contributed by atoms with van der Waals surface area (Å²) in [6.45, 7) is 0.166. The molecule has 1 N–H and O–H groups in total. The minimum atomic E-state index is -0.298. The number of aromatic nitrogens is 4. The summed E-state index contributed by atoms with van der Waals surface area (Å²) in [7, 11) is 0. The third kappa shape index (κ3) is 2.57. The van der Waals surface area contributed by atoms with Gasteiger partial charge in [0.25, 0.3) is 5.91 Å². The van der Waals surface area contributed by atoms with Crippen LogP contribution in [-0.2, 0) is 0 Å². The van der Waals surface area contributed by atoms with Gasteiger partial charge in [-0.25, -0.2) is 14.6 Å². The molecule has 23 heavy (non-hydrogen) atoms. The summed E-state index contributed by atoms with van der Waals surface area (Å²) >= 11 is 0. The summed E-state index contributed by atoms with van der Waals surface area (Å²) in [4.78, 5) is 20.5. The Kier molecular flexibility index (Phi) is 3.12. The van der Waals surface area contributed by atoms with Crippen molar-refractivity contribution in [1.29, 1.82) is 0 Å². The largest absolute Gasteiger partial charge is 0.454 e. The van der Waals surface area contributed by atoms with Gasteiger partial charge in [0, 0.05) is 24.0 Å². The second-order valence-electron chi connectivity index (χ2n) is 4.73. The summed E-state index contributed by atoms with van der Waals surface area (Å²) in [5, 5.41) is 6.81. The van der Waals surface area contributed by atoms with Crippen LogP contribution in [0.5, 0.6) is 11.5 Å². The van der Waals surface area contributed by atoms with Crippen molar-refractivity contribution in [2.24, 2.45) is 0 Å². The summed E-state index contributed by atoms with van der Waals surface area (Å²) in [5.41, 5.74) is 0.452. The highest BCUT2D eigenvalue weighted by molar-refractivity contribution is 6.04. The molecule has 3 aromatic rings. The van der Waals surface area contributed by atoms with Crippen LogP contribution >= 0.6 is 0 Å². The zero-order valence-corrected chi connectivity index (χ0v) is 11.8. The van der Waals surface area contributed by atoms with Crippen molar-refractivity contribution in [2.45, 2.75) is 0 Å². The number of fused-ring (bicyclic) bond motifs is 1. The number of carbonyl (C=O) groups excluding carboxylic acids is 1. The van der Waals surface area contributed by atoms with E-state index in [1.54, 1.807) is 47.4 Å². The number of ether oxygens (including phenoxy) is 2. The molecule has 8 nitrogen and oxygen atoms in total. The Morgan fingerprint density at radius 2 is 2.09 bits per heavy atom. The van der Waals surface area contributed by atoms with Gasteiger partial charge in [-0.1, -0.05) is 0 Å². The number of nitrogens with one attached hydrogen (secondary N) is 1. The molecule has 0 bridgehead atoms. The molecule has 1 aliphatic rings. The molecule has 1 aliphatic heterocycles. The van der Waals surface area contributed by atoms with E-state index in [0.29, 0.717) is 28.7 Å². The van der Waals surface area contributed by atoms with E-state index in [1.807, 2.05) is 0 Å². The maximum atomic E-state index is 12.3. The third-order valence-corrected chi connectivity index (χ3v) is 3.27. The van der Waals surface area contributed by atoms with Crippen LogP contribution in [-0.4, -0.2) is 32.4 Å². The van der Waals surface area contributed by atoms with Crippen LogP contribution in [0.1, 0.15) is 10.4 Å². The van der Waals surface area contributed by atoms with E-state index in [0.717, 1.165) is 0 Å². The SMILES string of the molecule is O=C(Nc1cc(-n2cccn2)ncn1)c1ccc2c(c1)OCO2. The Hall–Kier alpha value is -3.42. The van der Waals surface area contributed by atoms with Crippen LogP contribution in [0.25, 0.3) is 5.82 Å². The first-order valence-electron chi connectivity index (χ1n) is 6.83. The molecule has 0 unspecified atom stereocenters. The molecular weight excluding hydrogens is 298 g/mol. The van der Waals surface area contributed by atoms with Crippen molar-refractivity contribution >= 4 is 11.7 Å². The zero-order chi connectivity index (χ0) is 15.6. The van der Waals surface area contributed by atoms with Crippen molar-refractivity contribution in [1.82, 2.24) is 19.7 Å². The lowest BCUT2D eigenvalue weighted by Crippen LogP contribution is -2.13. The standard InChI is InChI=1S/C15H11N5O3/c21-15(10-2-3-11-12(6-10)23-9-22-11)19-13-7-14(17-8-16-13)20-5-1-4-18-20/h1-8H,9H2,(H,16,17,19,21). The number of anilines is 1. The Morgan fingerprint density at radius 1 is 1.17 bits per heavy atom. The summed E-state index contributed by atoms with van der Waals surface area (Å²) in [5.74, 6) is 1.83. The first-order valence-corrected chi connectivity index (χ1v) is 6.83. The van der Waals surface area contributed by atoms with Gasteiger partial charge < -0.3 is 14.8 Å². The first kappa shape index (κ1) is 13.3. The Bertz CT molecular complexity index is 863. The lowest BCUT2D eigenvalue weighted by molar-refractivity contribution is 0.102. The van der Waals surface area contributed by atoms with Gasteiger partial charge in [-0.2, -0.15) is 5.10 Å². The lowest BCUT2D eigenvalue weighted by Gasteiger charge is -2.06. The van der Waals surface area contributed by atoms with Crippen LogP contribution < -0.4 is 14.8 Å². The van der Waals surface area contributed by atoms with E-state index >= 15 is 0 Å². The predicted molar refractivity (Wildman–Crippen MR) is 79.7 cm³/mol. The van der Waals surface area contributed by atoms with Gasteiger partial charge >= 0.3 is 0 Å². The van der Waals surface area contributed by atoms with E-state index in [9.17, 15) is 4.79 Å². The van der Waals surface area contributed by atoms with Gasteiger partial charge in [0.15, 0.2) is 17.3 Å². The number of benzene rings is 1. The maximum Gasteiger partial charge on any atom is 0.256 e. The fourth-order valence-electron chi connectivity index (χ4n) is 2.17. The van der Waals surface area contributed by atoms with Gasteiger partial charge in [-0.15, -0.1) is 0 Å². The van der Waals surface area contributed by atoms with E-state index < -0.39 is 0 Å². The highest BCUT2D eigenvalue weighted by atomic mass is 16.7. The molecule has 1 amide bonds. The molecule has 0 radical (unpaired) electrons. The van der Waals surface area contributed by atoms with Gasteiger partial charge in [-0.05, 0) is 24.3 Å². The van der Waals surface area contributed by atoms with Crippen LogP contribution in [0.2, 0.25) is 0 Å². The molecule has 114 valence electrons. The molecule has 8 heteroatoms. The molecule has 0 spiro atoms. The lowest BCUT2D eigenvalue weighted by atomic mass is 10.2. The number of carbonyl (C=O) groups is 1. The average molecular weight is 309 g/mol. The van der Waals surface area contributed by atoms with E-state index in [1.165, 1.54) is 6.33 Å². The molecule has 0 saturated heterocycles. The van der Waals surface area contributed by atoms with Crippen molar-refractivity contribution in [2.75, 3.05) is 12.1 Å². The normalized spacial score (nSPS) is 12.2. The maximum absolute atomic E-state index is 12.3. The predicted octanol–water partition coefficient (Wildman–Crippen LogP) is 1.64. The smallest absolute Gasteiger partial charge is 0.256 e. The molecule has 0 atom stereocenters. The first-order chi connectivity index (χ1) is 11.3. The molecule has 1 aromatic carbocycles. The Balaban J connectivity index is 1.56. The highest BCUT2D eigenvalue weighted by Gasteiger charge is 2.16. The number of hydrogen-bond acceptors (Lipinski definition) is 6. The van der Waals surface area contributed by atoms with Crippen molar-refractivity contribution in [3.63, 3.8) is 0 Å². The van der Waals surface area contributed by atoms with Crippen LogP contribution in [0, 0.1) is 0 Å². The minimum absolute atomic E-state index is 0.166. The van der Waals surface area contributed by atoms with Crippen LogP contribution in [0.4, 0.5) is 5.82 Å². The van der Waals surface area contributed by atoms with Gasteiger partial charge in [0.2, 0.25) is 6.79 Å². The van der Waals surface area contributed by atoms with Gasteiger partial charge in [0.05, 0.1) is 0 Å². The zero-order valence-electron chi connectivity index (χ0n) is 11.8. The summed E-state index contributed by atoms with van der Waals surface area (Å²) in [6.07, 6.45) is 4.77. The van der Waals surface area contributed by atoms with Gasteiger partial charge in [-0.3, -0.25) is 4.79 Å². The molecular formula is C15H11N5O3. The minimum Gasteiger partial charge on any atom is -0.454 e. The number of nitrogens with zero attached hydrogens (tertiary/aromatic N) is 4. The van der Waals surface area contributed by atoms with E-state index in [-0.39, 0.29) is 12.7 Å². The third-order valence-electron chi connectivity index (χ3n) is 3.27. The Labute approximate surface area is 130 Å². The molecule has 0 saturated carbocycles. The van der Waals surface area contributed by atoms with Crippen LogP contribution in [0.15, 0.2) is 49.1 Å². The molecule has 0 fully saturated rings. The van der Waals surface area contributed by atoms with E-state index in [2.05, 4.69) is 20.4 Å². The van der Waals surface area contributed by atoms with Crippen molar-refractivity contribution in [3.8, 4) is 17.3 Å². The number of hydrogen-bond donors (Lipinski definition) is 1. The molecule has 3 heterocycles.